The maximum atomic E-state index is 13.5. The molecule has 12 aromatic carbocycles. The molecule has 0 radical (unpaired) electrons. The fraction of sp³-hybridized carbons (Fsp3) is 0.0256. The summed E-state index contributed by atoms with van der Waals surface area (Å²) in [5.74, 6) is 5.54. The molecule has 0 aliphatic rings. The summed E-state index contributed by atoms with van der Waals surface area (Å²) in [5, 5.41) is 37.2. The standard InChI is InChI=1S/C40H29O9S2.C14H10O2.C12H7F2O5S2.C12H10O2.4Na.2O3S/c1-4-27-5-7-30(8-6-27)37-25-34(19-23-38(37)47-3)49-39-24-22-36(26-40(39)51(43,44)45)50(41,42)35-20-17-33(18-21-35)48-32-15-11-29(12-16-32)28-9-13-31(46-2)14-10-28;1-2-10-3-5-11(6-4-10)13-9-12(15)7-8-14(13)16;13-8-1-3-9(4-2-8)20(15,16)10-5-6-11(14)12(7-10)21(17,18)19;13-11-5-1-9(2-6-11)10-3-7-12(14)8-4-10;;;;;2*1-4(2)3/h1,5-17,19-26H,2-3H3,(H,43,44,45);1,3-9,15-16H;1,3-7H,(H,17,18,19);1-8,13-14H;;;;;;/q-1;;-1;;4*+1;;/p-2. The average molecular weight is 1700 g/mol. The normalized spacial score (nSPS) is 10.4. The van der Waals surface area contributed by atoms with E-state index in [1.165, 1.54) is 49.6 Å². The van der Waals surface area contributed by atoms with E-state index < -0.39 is 92.3 Å². The second-order valence-corrected chi connectivity index (χ2v) is 29.3. The number of hydrogen-bond acceptors (Lipinski definition) is 24. The largest absolute Gasteiger partial charge is 1.00 e. The molecule has 0 heterocycles. The van der Waals surface area contributed by atoms with Crippen LogP contribution in [-0.2, 0) is 61.1 Å². The molecule has 0 atom stereocenters. The van der Waals surface area contributed by atoms with Crippen molar-refractivity contribution in [1.82, 2.24) is 0 Å². The van der Waals surface area contributed by atoms with E-state index in [0.29, 0.717) is 40.3 Å². The molecular weight excluding hydrogens is 1640 g/mol. The number of sulfone groups is 2. The van der Waals surface area contributed by atoms with Crippen molar-refractivity contribution in [3.05, 3.63) is 290 Å². The minimum Gasteiger partial charge on any atom is -0.744 e. The van der Waals surface area contributed by atoms with Gasteiger partial charge in [-0.1, -0.05) is 84.6 Å². The van der Waals surface area contributed by atoms with E-state index in [0.717, 1.165) is 87.2 Å². The van der Waals surface area contributed by atoms with Crippen LogP contribution in [0.15, 0.2) is 284 Å². The fourth-order valence-corrected chi connectivity index (χ4v) is 13.4. The third-order valence-electron chi connectivity index (χ3n) is 14.8. The number of benzene rings is 12. The van der Waals surface area contributed by atoms with Crippen molar-refractivity contribution in [2.45, 2.75) is 29.4 Å². The maximum Gasteiger partial charge on any atom is 1.00 e. The van der Waals surface area contributed by atoms with Gasteiger partial charge in [0.2, 0.25) is 0 Å². The summed E-state index contributed by atoms with van der Waals surface area (Å²) in [4.78, 5) is -3.70. The molecule has 12 aromatic rings. The molecule has 4 N–H and O–H groups in total. The molecule has 36 heteroatoms. The monoisotopic (exact) mass is 1700 g/mol. The number of phenols is 4. The number of halogens is 2. The summed E-state index contributed by atoms with van der Waals surface area (Å²) in [7, 11) is -22.0. The van der Waals surface area contributed by atoms with E-state index in [4.69, 9.17) is 67.3 Å². The van der Waals surface area contributed by atoms with Crippen LogP contribution in [0.25, 0.3) is 44.5 Å². The molecule has 0 fully saturated rings. The third kappa shape index (κ3) is 29.4. The van der Waals surface area contributed by atoms with Crippen LogP contribution in [0.1, 0.15) is 11.1 Å². The number of rotatable bonds is 16. The maximum absolute atomic E-state index is 13.5. The van der Waals surface area contributed by atoms with Gasteiger partial charge in [0.1, 0.15) is 77.8 Å². The van der Waals surface area contributed by atoms with Gasteiger partial charge in [0.05, 0.1) is 33.8 Å². The van der Waals surface area contributed by atoms with Crippen molar-refractivity contribution in [2.24, 2.45) is 0 Å². The van der Waals surface area contributed by atoms with Crippen LogP contribution in [0.4, 0.5) is 8.78 Å². The smallest absolute Gasteiger partial charge is 0.744 e. The van der Waals surface area contributed by atoms with E-state index in [9.17, 15) is 61.8 Å². The van der Waals surface area contributed by atoms with Crippen LogP contribution in [0.5, 0.6) is 57.5 Å². The zero-order chi connectivity index (χ0) is 80.7. The van der Waals surface area contributed by atoms with Gasteiger partial charge in [0.15, 0.2) is 19.7 Å². The summed E-state index contributed by atoms with van der Waals surface area (Å²) >= 11 is 0. The van der Waals surface area contributed by atoms with E-state index in [-0.39, 0.29) is 168 Å². The molecule has 0 unspecified atom stereocenters. The second-order valence-electron chi connectivity index (χ2n) is 21.8. The van der Waals surface area contributed by atoms with Crippen molar-refractivity contribution in [3.63, 3.8) is 0 Å². The SMILES string of the molecule is C#Cc1ccc(-c2cc(O)ccc2O)cc1.C#Cc1ccc(-c2cc(Oc3ccc(S(=O)(=O)c4c[c-]c(Oc5ccc(-c6ccc(OC)cc6)cc5)cc4)cc3S(=O)(=O)[O-])ccc2OC)cc1.O=S(=O)([O-])c1cc(S(=O)(=O)c2c[c-]c(F)cc2)ccc1F.O=S(=O)=O.O=S(=O)=O.Oc1ccc(-c2ccc(O)cc2)cc1.[Na+].[Na+].[Na+].[Na+]. The Morgan fingerprint density at radius 1 is 0.377 bits per heavy atom. The number of terminal acetylenes is 2. The fourth-order valence-electron chi connectivity index (χ4n) is 9.52. The van der Waals surface area contributed by atoms with Crippen LogP contribution >= 0.6 is 0 Å². The van der Waals surface area contributed by atoms with Gasteiger partial charge in [0.25, 0.3) is 0 Å². The third-order valence-corrected chi connectivity index (χ3v) is 20.0. The second kappa shape index (κ2) is 45.9. The van der Waals surface area contributed by atoms with E-state index >= 15 is 0 Å². The van der Waals surface area contributed by atoms with Gasteiger partial charge in [-0.15, -0.1) is 62.4 Å². The van der Waals surface area contributed by atoms with Gasteiger partial charge in [-0.3, -0.25) is 0 Å². The number of phenolic OH excluding ortho intramolecular Hbond substituents is 4. The van der Waals surface area contributed by atoms with Gasteiger partial charge in [-0.2, -0.15) is 24.3 Å². The quantitative estimate of drug-likeness (QED) is 0.0263. The molecule has 0 aliphatic carbocycles. The molecular formula is C78H54F2Na4O24S6. The molecule has 564 valence electrons. The molecule has 0 spiro atoms. The molecule has 0 saturated carbocycles. The molecule has 12 rings (SSSR count). The summed E-state index contributed by atoms with van der Waals surface area (Å²) in [6.07, 6.45) is 10.7. The Bertz CT molecular complexity index is 6020. The summed E-state index contributed by atoms with van der Waals surface area (Å²) in [6, 6.07) is 68.6. The minimum atomic E-state index is -5.18. The van der Waals surface area contributed by atoms with E-state index in [1.54, 1.807) is 92.0 Å². The summed E-state index contributed by atoms with van der Waals surface area (Å²) in [6.45, 7) is 0. The Morgan fingerprint density at radius 2 is 0.754 bits per heavy atom. The first-order valence-electron chi connectivity index (χ1n) is 30.6. The van der Waals surface area contributed by atoms with Gasteiger partial charge in [-0.25, -0.2) is 42.5 Å². The Labute approximate surface area is 746 Å². The van der Waals surface area contributed by atoms with E-state index in [1.807, 2.05) is 78.9 Å². The van der Waals surface area contributed by atoms with Crippen LogP contribution in [0.3, 0.4) is 0 Å². The first-order valence-corrected chi connectivity index (χ1v) is 38.4. The summed E-state index contributed by atoms with van der Waals surface area (Å²) < 4.78 is 220. The van der Waals surface area contributed by atoms with Crippen molar-refractivity contribution in [3.8, 4) is 127 Å². The van der Waals surface area contributed by atoms with Gasteiger partial charge in [0, 0.05) is 33.8 Å². The van der Waals surface area contributed by atoms with Crippen LogP contribution in [-0.4, -0.2) is 103 Å². The Balaban J connectivity index is 0.000000436. The molecule has 0 bridgehead atoms. The number of methoxy groups -OCH3 is 2. The van der Waals surface area contributed by atoms with Crippen molar-refractivity contribution in [1.29, 1.82) is 0 Å². The summed E-state index contributed by atoms with van der Waals surface area (Å²) in [5.41, 5.74) is 8.20. The van der Waals surface area contributed by atoms with Crippen molar-refractivity contribution >= 4 is 61.1 Å². The van der Waals surface area contributed by atoms with Gasteiger partial charge < -0.3 is 48.5 Å². The topological polar surface area (TPSA) is 403 Å². The number of hydrogen-bond donors (Lipinski definition) is 4. The van der Waals surface area contributed by atoms with Crippen LogP contribution < -0.4 is 137 Å². The predicted molar refractivity (Wildman–Crippen MR) is 393 cm³/mol. The first kappa shape index (κ1) is 99.2. The Hall–Kier alpha value is -9.02. The number of aromatic hydroxyl groups is 4. The average Bonchev–Trinajstić information content (AvgIpc) is 0.774. The zero-order valence-corrected chi connectivity index (χ0v) is 73.5. The Morgan fingerprint density at radius 3 is 1.17 bits per heavy atom. The minimum absolute atomic E-state index is 0. The Kier molecular flexibility index (Phi) is 39.9. The molecule has 0 aliphatic heterocycles. The van der Waals surface area contributed by atoms with Gasteiger partial charge >= 0.3 is 139 Å². The first-order chi connectivity index (χ1) is 52.0. The van der Waals surface area contributed by atoms with Crippen molar-refractivity contribution < 1.29 is 234 Å². The predicted octanol–water partition coefficient (Wildman–Crippen LogP) is 1.16. The van der Waals surface area contributed by atoms with Crippen LogP contribution in [0.2, 0.25) is 0 Å². The number of ether oxygens (including phenoxy) is 4. The van der Waals surface area contributed by atoms with Crippen LogP contribution in [0, 0.1) is 48.5 Å². The van der Waals surface area contributed by atoms with Crippen molar-refractivity contribution in [2.75, 3.05) is 14.2 Å². The molecule has 0 saturated heterocycles. The molecule has 0 amide bonds. The zero-order valence-electron chi connectivity index (χ0n) is 60.6. The molecule has 114 heavy (non-hydrogen) atoms. The van der Waals surface area contributed by atoms with E-state index in [2.05, 4.69) is 17.9 Å². The van der Waals surface area contributed by atoms with Gasteiger partial charge in [-0.05, 0) is 189 Å². The molecule has 0 aromatic heterocycles. The molecule has 24 nitrogen and oxygen atoms in total.